The summed E-state index contributed by atoms with van der Waals surface area (Å²) in [6.07, 6.45) is 1.21. The molecule has 3 N–H and O–H groups in total. The van der Waals surface area contributed by atoms with Gasteiger partial charge in [-0.2, -0.15) is 0 Å². The van der Waals surface area contributed by atoms with Gasteiger partial charge < -0.3 is 29.9 Å². The van der Waals surface area contributed by atoms with E-state index in [1.54, 1.807) is 11.6 Å². The summed E-state index contributed by atoms with van der Waals surface area (Å²) in [4.78, 5) is 39.7. The average molecular weight is 573 g/mol. The Balaban J connectivity index is 1.00. The minimum absolute atomic E-state index is 0.0184. The van der Waals surface area contributed by atoms with Gasteiger partial charge in [0.25, 0.3) is 0 Å². The first-order chi connectivity index (χ1) is 20.4. The lowest BCUT2D eigenvalue weighted by atomic mass is 9.98. The number of nitrogens with zero attached hydrogens (tertiary/aromatic N) is 5. The monoisotopic (exact) mass is 572 g/mol. The Morgan fingerprint density at radius 2 is 1.81 bits per heavy atom. The highest BCUT2D eigenvalue weighted by Gasteiger charge is 2.35. The SMILES string of the molecule is CN(CCCC(=O)Nc1ncnc2c1ncn2[C@H]1C[C@H](O)[C@@H](CO)O1)C(=O)OCC1c2ccccc2-c2ccccc21. The molecule has 2 amide bonds. The zero-order chi connectivity index (χ0) is 29.2. The van der Waals surface area contributed by atoms with Gasteiger partial charge >= 0.3 is 6.09 Å². The molecule has 2 aromatic heterocycles. The number of fused-ring (bicyclic) bond motifs is 4. The standard InChI is InChI=1S/C30H32N6O6/c1-35(30(40)41-15-22-20-9-4-2-7-18(20)19-8-3-5-10-21(19)22)12-6-11-25(39)34-28-27-29(32-16-31-28)36(17-33-27)26-13-23(38)24(14-37)42-26/h2-5,7-10,16-17,22-24,26,37-38H,6,11-15H2,1H3,(H,31,32,34,39)/t23-,24+,26+/m0/s1. The van der Waals surface area contributed by atoms with Crippen molar-refractivity contribution in [1.82, 2.24) is 24.4 Å². The molecule has 218 valence electrons. The Bertz CT molecular complexity index is 1560. The second-order valence-corrected chi connectivity index (χ2v) is 10.5. The number of aromatic nitrogens is 4. The minimum Gasteiger partial charge on any atom is -0.448 e. The van der Waals surface area contributed by atoms with Gasteiger partial charge in [-0.15, -0.1) is 0 Å². The van der Waals surface area contributed by atoms with Gasteiger partial charge in [-0.3, -0.25) is 9.36 Å². The van der Waals surface area contributed by atoms with E-state index in [9.17, 15) is 19.8 Å². The molecular weight excluding hydrogens is 540 g/mol. The maximum Gasteiger partial charge on any atom is 0.409 e. The third-order valence-corrected chi connectivity index (χ3v) is 7.86. The molecule has 12 heteroatoms. The third-order valence-electron chi connectivity index (χ3n) is 7.86. The van der Waals surface area contributed by atoms with Gasteiger partial charge in [0.15, 0.2) is 17.0 Å². The van der Waals surface area contributed by atoms with Gasteiger partial charge in [0.2, 0.25) is 5.91 Å². The summed E-state index contributed by atoms with van der Waals surface area (Å²) in [6, 6.07) is 16.4. The summed E-state index contributed by atoms with van der Waals surface area (Å²) in [5.41, 5.74) is 5.46. The van der Waals surface area contributed by atoms with Gasteiger partial charge in [-0.1, -0.05) is 48.5 Å². The number of rotatable bonds is 9. The molecule has 0 radical (unpaired) electrons. The lowest BCUT2D eigenvalue weighted by molar-refractivity contribution is -0.116. The van der Waals surface area contributed by atoms with Crippen molar-refractivity contribution in [2.45, 2.75) is 43.6 Å². The van der Waals surface area contributed by atoms with Crippen molar-refractivity contribution < 1.29 is 29.3 Å². The smallest absolute Gasteiger partial charge is 0.409 e. The van der Waals surface area contributed by atoms with E-state index in [1.165, 1.54) is 28.7 Å². The molecule has 1 fully saturated rings. The summed E-state index contributed by atoms with van der Waals surface area (Å²) in [5, 5.41) is 22.2. The largest absolute Gasteiger partial charge is 0.448 e. The van der Waals surface area contributed by atoms with Crippen molar-refractivity contribution in [3.05, 3.63) is 72.3 Å². The molecule has 0 bridgehead atoms. The molecule has 2 aliphatic rings. The molecule has 0 spiro atoms. The van der Waals surface area contributed by atoms with Crippen LogP contribution in [-0.4, -0.2) is 85.6 Å². The van der Waals surface area contributed by atoms with Crippen molar-refractivity contribution in [1.29, 1.82) is 0 Å². The number of amides is 2. The topological polar surface area (TPSA) is 152 Å². The number of anilines is 1. The summed E-state index contributed by atoms with van der Waals surface area (Å²) < 4.78 is 13.0. The first-order valence-electron chi connectivity index (χ1n) is 13.9. The number of hydrogen-bond acceptors (Lipinski definition) is 9. The molecule has 12 nitrogen and oxygen atoms in total. The van der Waals surface area contributed by atoms with E-state index in [1.807, 2.05) is 24.3 Å². The summed E-state index contributed by atoms with van der Waals surface area (Å²) >= 11 is 0. The van der Waals surface area contributed by atoms with Gasteiger partial charge in [-0.05, 0) is 28.7 Å². The third kappa shape index (κ3) is 5.31. The number of carbonyl (C=O) groups is 2. The Kier molecular flexibility index (Phi) is 7.83. The highest BCUT2D eigenvalue weighted by atomic mass is 16.6. The van der Waals surface area contributed by atoms with Crippen LogP contribution in [0, 0.1) is 0 Å². The molecule has 0 saturated carbocycles. The van der Waals surface area contributed by atoms with Crippen LogP contribution in [0.3, 0.4) is 0 Å². The van der Waals surface area contributed by atoms with Gasteiger partial charge in [-0.25, -0.2) is 19.7 Å². The molecule has 3 atom stereocenters. The van der Waals surface area contributed by atoms with Crippen LogP contribution in [0.15, 0.2) is 61.2 Å². The van der Waals surface area contributed by atoms with Crippen LogP contribution >= 0.6 is 0 Å². The lowest BCUT2D eigenvalue weighted by Gasteiger charge is -2.19. The van der Waals surface area contributed by atoms with Crippen LogP contribution in [0.25, 0.3) is 22.3 Å². The van der Waals surface area contributed by atoms with Crippen LogP contribution in [0.5, 0.6) is 0 Å². The number of nitrogens with one attached hydrogen (secondary N) is 1. The Morgan fingerprint density at radius 3 is 2.50 bits per heavy atom. The molecular formula is C30H32N6O6. The maximum absolute atomic E-state index is 12.7. The predicted molar refractivity (Wildman–Crippen MR) is 153 cm³/mol. The number of imidazole rings is 1. The number of hydrogen-bond donors (Lipinski definition) is 3. The first kappa shape index (κ1) is 27.8. The van der Waals surface area contributed by atoms with E-state index in [0.717, 1.165) is 11.1 Å². The Hall–Kier alpha value is -4.39. The molecule has 3 heterocycles. The molecule has 1 saturated heterocycles. The molecule has 0 unspecified atom stereocenters. The van der Waals surface area contributed by atoms with E-state index >= 15 is 0 Å². The van der Waals surface area contributed by atoms with E-state index in [-0.39, 0.29) is 43.7 Å². The molecule has 1 aliphatic carbocycles. The van der Waals surface area contributed by atoms with E-state index in [2.05, 4.69) is 44.5 Å². The van der Waals surface area contributed by atoms with Gasteiger partial charge in [0, 0.05) is 32.4 Å². The average Bonchev–Trinajstić information content (AvgIpc) is 3.69. The first-order valence-corrected chi connectivity index (χ1v) is 13.9. The normalized spacial score (nSPS) is 19.5. The molecule has 1 aliphatic heterocycles. The fraction of sp³-hybridized carbons (Fsp3) is 0.367. The second-order valence-electron chi connectivity index (χ2n) is 10.5. The second kappa shape index (κ2) is 11.8. The summed E-state index contributed by atoms with van der Waals surface area (Å²) in [6.45, 7) is 0.280. The van der Waals surface area contributed by atoms with E-state index < -0.39 is 24.5 Å². The number of carbonyl (C=O) groups excluding carboxylic acids is 2. The molecule has 42 heavy (non-hydrogen) atoms. The fourth-order valence-corrected chi connectivity index (χ4v) is 5.67. The minimum atomic E-state index is -0.801. The van der Waals surface area contributed by atoms with Crippen molar-refractivity contribution in [3.8, 4) is 11.1 Å². The van der Waals surface area contributed by atoms with Crippen LogP contribution in [-0.2, 0) is 14.3 Å². The van der Waals surface area contributed by atoms with Crippen LogP contribution < -0.4 is 5.32 Å². The quantitative estimate of drug-likeness (QED) is 0.275. The van der Waals surface area contributed by atoms with Crippen molar-refractivity contribution in [2.75, 3.05) is 32.1 Å². The van der Waals surface area contributed by atoms with Crippen LogP contribution in [0.1, 0.15) is 42.5 Å². The Labute approximate surface area is 241 Å². The zero-order valence-electron chi connectivity index (χ0n) is 23.1. The number of benzene rings is 2. The van der Waals surface area contributed by atoms with Crippen molar-refractivity contribution in [3.63, 3.8) is 0 Å². The number of ether oxygens (including phenoxy) is 2. The number of aliphatic hydroxyl groups is 2. The summed E-state index contributed by atoms with van der Waals surface area (Å²) in [7, 11) is 1.65. The van der Waals surface area contributed by atoms with Crippen molar-refractivity contribution >= 4 is 29.0 Å². The molecule has 6 rings (SSSR count). The number of aliphatic hydroxyl groups excluding tert-OH is 2. The Morgan fingerprint density at radius 1 is 1.10 bits per heavy atom. The predicted octanol–water partition coefficient (Wildman–Crippen LogP) is 3.07. The van der Waals surface area contributed by atoms with Crippen molar-refractivity contribution in [2.24, 2.45) is 0 Å². The highest BCUT2D eigenvalue weighted by molar-refractivity contribution is 5.96. The molecule has 2 aromatic carbocycles. The summed E-state index contributed by atoms with van der Waals surface area (Å²) in [5.74, 6) is -0.0422. The van der Waals surface area contributed by atoms with E-state index in [4.69, 9.17) is 9.47 Å². The fourth-order valence-electron chi connectivity index (χ4n) is 5.67. The van der Waals surface area contributed by atoms with Gasteiger partial charge in [0.1, 0.15) is 25.3 Å². The lowest BCUT2D eigenvalue weighted by Crippen LogP contribution is -2.30. The molecule has 4 aromatic rings. The zero-order valence-corrected chi connectivity index (χ0v) is 23.1. The maximum atomic E-state index is 12.7. The van der Waals surface area contributed by atoms with E-state index in [0.29, 0.717) is 24.1 Å². The highest BCUT2D eigenvalue weighted by Crippen LogP contribution is 2.44. The van der Waals surface area contributed by atoms with Crippen LogP contribution in [0.2, 0.25) is 0 Å². The van der Waals surface area contributed by atoms with Gasteiger partial charge in [0.05, 0.1) is 19.0 Å². The van der Waals surface area contributed by atoms with Crippen LogP contribution in [0.4, 0.5) is 10.6 Å².